The van der Waals surface area contributed by atoms with Gasteiger partial charge in [0.05, 0.1) is 4.92 Å². The summed E-state index contributed by atoms with van der Waals surface area (Å²) in [5, 5.41) is 10.7. The smallest absolute Gasteiger partial charge is 0.272 e. The van der Waals surface area contributed by atoms with Gasteiger partial charge in [-0.05, 0) is 30.9 Å². The SMILES string of the molecule is Cc1ccc([N+](=O)[O-])c2c1C(N)CC2. The van der Waals surface area contributed by atoms with E-state index >= 15 is 0 Å². The van der Waals surface area contributed by atoms with Crippen LogP contribution in [0.5, 0.6) is 0 Å². The van der Waals surface area contributed by atoms with Crippen LogP contribution < -0.4 is 5.73 Å². The van der Waals surface area contributed by atoms with Crippen LogP contribution in [0.25, 0.3) is 0 Å². The van der Waals surface area contributed by atoms with Crippen LogP contribution in [0, 0.1) is 17.0 Å². The van der Waals surface area contributed by atoms with Gasteiger partial charge >= 0.3 is 0 Å². The third-order valence-corrected chi connectivity index (χ3v) is 2.82. The lowest BCUT2D eigenvalue weighted by atomic mass is 10.0. The zero-order chi connectivity index (χ0) is 10.3. The number of fused-ring (bicyclic) bond motifs is 1. The summed E-state index contributed by atoms with van der Waals surface area (Å²) in [7, 11) is 0. The van der Waals surface area contributed by atoms with Crippen molar-refractivity contribution in [2.75, 3.05) is 0 Å². The minimum Gasteiger partial charge on any atom is -0.324 e. The van der Waals surface area contributed by atoms with E-state index in [4.69, 9.17) is 5.73 Å². The van der Waals surface area contributed by atoms with E-state index in [0.717, 1.165) is 29.5 Å². The molecule has 0 aromatic heterocycles. The standard InChI is InChI=1S/C10H12N2O2/c1-6-2-5-9(12(13)14)7-3-4-8(11)10(6)7/h2,5,8H,3-4,11H2,1H3. The Morgan fingerprint density at radius 3 is 2.93 bits per heavy atom. The van der Waals surface area contributed by atoms with Crippen LogP contribution >= 0.6 is 0 Å². The Hall–Kier alpha value is -1.42. The molecule has 0 bridgehead atoms. The van der Waals surface area contributed by atoms with Crippen molar-refractivity contribution in [2.45, 2.75) is 25.8 Å². The predicted molar refractivity (Wildman–Crippen MR) is 53.1 cm³/mol. The number of aryl methyl sites for hydroxylation is 1. The largest absolute Gasteiger partial charge is 0.324 e. The van der Waals surface area contributed by atoms with E-state index in [1.165, 1.54) is 0 Å². The van der Waals surface area contributed by atoms with Crippen molar-refractivity contribution in [1.82, 2.24) is 0 Å². The van der Waals surface area contributed by atoms with Crippen molar-refractivity contribution in [3.8, 4) is 0 Å². The van der Waals surface area contributed by atoms with E-state index < -0.39 is 0 Å². The first kappa shape index (κ1) is 9.15. The summed E-state index contributed by atoms with van der Waals surface area (Å²) in [5.41, 5.74) is 9.00. The van der Waals surface area contributed by atoms with E-state index in [0.29, 0.717) is 0 Å². The molecule has 0 spiro atoms. The minimum atomic E-state index is -0.323. The average molecular weight is 192 g/mol. The molecule has 0 radical (unpaired) electrons. The summed E-state index contributed by atoms with van der Waals surface area (Å²) in [5.74, 6) is 0. The molecule has 0 heterocycles. The van der Waals surface area contributed by atoms with Crippen LogP contribution in [0.4, 0.5) is 5.69 Å². The van der Waals surface area contributed by atoms with Crippen LogP contribution in [-0.4, -0.2) is 4.92 Å². The molecule has 0 saturated heterocycles. The Morgan fingerprint density at radius 1 is 1.57 bits per heavy atom. The zero-order valence-electron chi connectivity index (χ0n) is 7.99. The third kappa shape index (κ3) is 1.19. The lowest BCUT2D eigenvalue weighted by Crippen LogP contribution is -2.07. The van der Waals surface area contributed by atoms with E-state index in [2.05, 4.69) is 0 Å². The molecule has 1 unspecified atom stereocenters. The Morgan fingerprint density at radius 2 is 2.29 bits per heavy atom. The average Bonchev–Trinajstić information content (AvgIpc) is 2.49. The summed E-state index contributed by atoms with van der Waals surface area (Å²) < 4.78 is 0. The van der Waals surface area contributed by atoms with E-state index in [1.54, 1.807) is 12.1 Å². The van der Waals surface area contributed by atoms with Crippen LogP contribution in [0.15, 0.2) is 12.1 Å². The van der Waals surface area contributed by atoms with Crippen LogP contribution in [0.2, 0.25) is 0 Å². The lowest BCUT2D eigenvalue weighted by Gasteiger charge is -2.08. The number of hydrogen-bond acceptors (Lipinski definition) is 3. The quantitative estimate of drug-likeness (QED) is 0.545. The zero-order valence-corrected chi connectivity index (χ0v) is 7.99. The minimum absolute atomic E-state index is 0.0232. The first-order valence-electron chi connectivity index (χ1n) is 4.63. The molecule has 74 valence electrons. The van der Waals surface area contributed by atoms with Gasteiger partial charge in [-0.15, -0.1) is 0 Å². The van der Waals surface area contributed by atoms with Crippen molar-refractivity contribution in [2.24, 2.45) is 5.73 Å². The summed E-state index contributed by atoms with van der Waals surface area (Å²) in [6.07, 6.45) is 1.55. The van der Waals surface area contributed by atoms with Crippen LogP contribution in [0.1, 0.15) is 29.2 Å². The van der Waals surface area contributed by atoms with Gasteiger partial charge in [0.2, 0.25) is 0 Å². The maximum absolute atomic E-state index is 10.7. The van der Waals surface area contributed by atoms with Gasteiger partial charge in [0.1, 0.15) is 0 Å². The molecular weight excluding hydrogens is 180 g/mol. The molecule has 1 atom stereocenters. The maximum atomic E-state index is 10.7. The maximum Gasteiger partial charge on any atom is 0.272 e. The highest BCUT2D eigenvalue weighted by molar-refractivity contribution is 5.52. The Bertz CT molecular complexity index is 401. The number of nitrogens with two attached hydrogens (primary N) is 1. The molecule has 4 heteroatoms. The summed E-state index contributed by atoms with van der Waals surface area (Å²) >= 11 is 0. The Labute approximate surface area is 81.9 Å². The van der Waals surface area contributed by atoms with Crippen LogP contribution in [0.3, 0.4) is 0 Å². The molecule has 0 fully saturated rings. The first-order chi connectivity index (χ1) is 6.61. The van der Waals surface area contributed by atoms with Crippen molar-refractivity contribution in [1.29, 1.82) is 0 Å². The monoisotopic (exact) mass is 192 g/mol. The van der Waals surface area contributed by atoms with Crippen molar-refractivity contribution < 1.29 is 4.92 Å². The highest BCUT2D eigenvalue weighted by atomic mass is 16.6. The van der Waals surface area contributed by atoms with Gasteiger partial charge in [-0.25, -0.2) is 0 Å². The number of nitro benzene ring substituents is 1. The molecule has 2 N–H and O–H groups in total. The van der Waals surface area contributed by atoms with Crippen molar-refractivity contribution >= 4 is 5.69 Å². The highest BCUT2D eigenvalue weighted by Crippen LogP contribution is 2.37. The molecule has 2 rings (SSSR count). The number of benzene rings is 1. The van der Waals surface area contributed by atoms with Gasteiger partial charge in [0, 0.05) is 17.7 Å². The lowest BCUT2D eigenvalue weighted by molar-refractivity contribution is -0.385. The van der Waals surface area contributed by atoms with Crippen molar-refractivity contribution in [3.05, 3.63) is 38.9 Å². The van der Waals surface area contributed by atoms with Crippen LogP contribution in [-0.2, 0) is 6.42 Å². The molecule has 1 aromatic rings. The van der Waals surface area contributed by atoms with E-state index in [1.807, 2.05) is 6.92 Å². The molecule has 4 nitrogen and oxygen atoms in total. The highest BCUT2D eigenvalue weighted by Gasteiger charge is 2.28. The second-order valence-electron chi connectivity index (χ2n) is 3.70. The normalized spacial score (nSPS) is 19.4. The second kappa shape index (κ2) is 3.06. The molecule has 1 aromatic carbocycles. The molecule has 0 aliphatic heterocycles. The van der Waals surface area contributed by atoms with Gasteiger partial charge in [0.15, 0.2) is 0 Å². The molecule has 1 aliphatic rings. The first-order valence-corrected chi connectivity index (χ1v) is 4.63. The van der Waals surface area contributed by atoms with Crippen molar-refractivity contribution in [3.63, 3.8) is 0 Å². The number of hydrogen-bond donors (Lipinski definition) is 1. The Balaban J connectivity index is 2.64. The van der Waals surface area contributed by atoms with Gasteiger partial charge in [0.25, 0.3) is 5.69 Å². The fourth-order valence-electron chi connectivity index (χ4n) is 2.16. The predicted octanol–water partition coefficient (Wildman–Crippen LogP) is 1.85. The fourth-order valence-corrected chi connectivity index (χ4v) is 2.16. The van der Waals surface area contributed by atoms with Gasteiger partial charge in [-0.2, -0.15) is 0 Å². The Kier molecular flexibility index (Phi) is 2.00. The van der Waals surface area contributed by atoms with Gasteiger partial charge in [-0.1, -0.05) is 6.07 Å². The topological polar surface area (TPSA) is 69.2 Å². The number of rotatable bonds is 1. The van der Waals surface area contributed by atoms with E-state index in [9.17, 15) is 10.1 Å². The second-order valence-corrected chi connectivity index (χ2v) is 3.70. The number of nitrogens with zero attached hydrogens (tertiary/aromatic N) is 1. The van der Waals surface area contributed by atoms with Gasteiger partial charge < -0.3 is 5.73 Å². The molecule has 14 heavy (non-hydrogen) atoms. The summed E-state index contributed by atoms with van der Waals surface area (Å²) in [6.45, 7) is 1.95. The molecule has 0 amide bonds. The van der Waals surface area contributed by atoms with E-state index in [-0.39, 0.29) is 16.7 Å². The fraction of sp³-hybridized carbons (Fsp3) is 0.400. The molecule has 1 aliphatic carbocycles. The summed E-state index contributed by atoms with van der Waals surface area (Å²) in [4.78, 5) is 10.4. The summed E-state index contributed by atoms with van der Waals surface area (Å²) in [6, 6.07) is 3.33. The third-order valence-electron chi connectivity index (χ3n) is 2.82. The van der Waals surface area contributed by atoms with Gasteiger partial charge in [-0.3, -0.25) is 10.1 Å². The molecule has 0 saturated carbocycles. The molecular formula is C10H12N2O2. The number of nitro groups is 1.